The van der Waals surface area contributed by atoms with Crippen LogP contribution in [-0.2, 0) is 4.79 Å². The molecule has 0 saturated heterocycles. The first-order chi connectivity index (χ1) is 15.0. The number of aromatic nitrogens is 2. The predicted octanol–water partition coefficient (Wildman–Crippen LogP) is 1.71. The average molecular weight is 446 g/mol. The average Bonchev–Trinajstić information content (AvgIpc) is 3.09. The topological polar surface area (TPSA) is 114 Å². The molecule has 0 spiro atoms. The van der Waals surface area contributed by atoms with Crippen molar-refractivity contribution in [3.63, 3.8) is 0 Å². The second kappa shape index (κ2) is 10.9. The van der Waals surface area contributed by atoms with Crippen LogP contribution in [0.5, 0.6) is 5.75 Å². The van der Waals surface area contributed by atoms with Gasteiger partial charge in [-0.15, -0.1) is 11.3 Å². The van der Waals surface area contributed by atoms with E-state index < -0.39 is 0 Å². The summed E-state index contributed by atoms with van der Waals surface area (Å²) >= 11 is 1.38. The fourth-order valence-corrected chi connectivity index (χ4v) is 4.18. The molecule has 0 atom stereocenters. The summed E-state index contributed by atoms with van der Waals surface area (Å²) in [7, 11) is 0. The molecule has 1 aliphatic heterocycles. The highest BCUT2D eigenvalue weighted by Crippen LogP contribution is 2.20. The van der Waals surface area contributed by atoms with E-state index in [0.29, 0.717) is 61.8 Å². The lowest BCUT2D eigenvalue weighted by Gasteiger charge is -2.22. The Hall–Kier alpha value is -3.01. The lowest BCUT2D eigenvalue weighted by Crippen LogP contribution is -2.36. The molecular formula is C21H27N5O4S. The first kappa shape index (κ1) is 22.7. The van der Waals surface area contributed by atoms with Gasteiger partial charge in [0.25, 0.3) is 11.8 Å². The van der Waals surface area contributed by atoms with Gasteiger partial charge >= 0.3 is 0 Å². The minimum absolute atomic E-state index is 0.0867. The molecule has 0 saturated carbocycles. The van der Waals surface area contributed by atoms with Crippen molar-refractivity contribution in [1.29, 1.82) is 0 Å². The van der Waals surface area contributed by atoms with Crippen molar-refractivity contribution in [2.45, 2.75) is 33.1 Å². The number of rotatable bonds is 1. The summed E-state index contributed by atoms with van der Waals surface area (Å²) in [4.78, 5) is 48.5. The van der Waals surface area contributed by atoms with Crippen LogP contribution in [0.2, 0.25) is 0 Å². The number of fused-ring (bicyclic) bond motifs is 1. The van der Waals surface area contributed by atoms with Crippen LogP contribution in [0, 0.1) is 13.8 Å². The normalized spacial score (nSPS) is 16.6. The van der Waals surface area contributed by atoms with E-state index in [1.807, 2.05) is 13.8 Å². The summed E-state index contributed by atoms with van der Waals surface area (Å²) in [6.07, 6.45) is 2.97. The number of hydrogen-bond acceptors (Lipinski definition) is 7. The van der Waals surface area contributed by atoms with Crippen molar-refractivity contribution in [2.24, 2.45) is 0 Å². The van der Waals surface area contributed by atoms with Gasteiger partial charge in [0, 0.05) is 32.3 Å². The molecular weight excluding hydrogens is 418 g/mol. The molecule has 166 valence electrons. The summed E-state index contributed by atoms with van der Waals surface area (Å²) < 4.78 is 5.62. The second-order valence-corrected chi connectivity index (χ2v) is 8.40. The van der Waals surface area contributed by atoms with Crippen molar-refractivity contribution in [3.8, 4) is 5.75 Å². The maximum atomic E-state index is 13.1. The van der Waals surface area contributed by atoms with Crippen molar-refractivity contribution < 1.29 is 19.1 Å². The standard InChI is InChI=1S/C21H27N5O4S/c1-14-19(31-15(2)25-14)21(29)26-11-4-7-17(27)22-10-13-30-16-6-3-8-23-18(16)20(28)24-9-5-12-26/h3,6,8H,4-5,7,9-13H2,1-2H3,(H,22,27)(H,24,28). The van der Waals surface area contributed by atoms with E-state index in [4.69, 9.17) is 4.74 Å². The number of carbonyl (C=O) groups excluding carboxylic acids is 3. The van der Waals surface area contributed by atoms with E-state index in [1.165, 1.54) is 17.5 Å². The molecule has 3 amide bonds. The number of amides is 3. The third-order valence-electron chi connectivity index (χ3n) is 4.77. The minimum Gasteiger partial charge on any atom is -0.489 e. The fourth-order valence-electron chi connectivity index (χ4n) is 3.29. The Kier molecular flexibility index (Phi) is 7.94. The van der Waals surface area contributed by atoms with Gasteiger partial charge in [-0.2, -0.15) is 0 Å². The largest absolute Gasteiger partial charge is 0.489 e. The zero-order valence-corrected chi connectivity index (χ0v) is 18.6. The van der Waals surface area contributed by atoms with Crippen LogP contribution in [0.25, 0.3) is 0 Å². The molecule has 10 heteroatoms. The molecule has 0 radical (unpaired) electrons. The maximum Gasteiger partial charge on any atom is 0.273 e. The van der Waals surface area contributed by atoms with Crippen LogP contribution in [0.3, 0.4) is 0 Å². The highest BCUT2D eigenvalue weighted by atomic mass is 32.1. The predicted molar refractivity (Wildman–Crippen MR) is 116 cm³/mol. The number of aryl methyl sites for hydroxylation is 2. The Morgan fingerprint density at radius 2 is 1.97 bits per heavy atom. The molecule has 0 aliphatic carbocycles. The van der Waals surface area contributed by atoms with Crippen LogP contribution in [0.4, 0.5) is 0 Å². The van der Waals surface area contributed by atoms with Crippen molar-refractivity contribution in [1.82, 2.24) is 25.5 Å². The number of ether oxygens (including phenoxy) is 1. The van der Waals surface area contributed by atoms with Crippen LogP contribution < -0.4 is 15.4 Å². The SMILES string of the molecule is Cc1nc(C)c(C(=O)N2CCCNC(=O)c3ncccc3OCCNC(=O)CCC2)s1. The van der Waals surface area contributed by atoms with Gasteiger partial charge in [0.05, 0.1) is 17.2 Å². The Labute approximate surface area is 185 Å². The molecule has 2 aromatic rings. The number of thiazole rings is 1. The first-order valence-corrected chi connectivity index (χ1v) is 11.1. The van der Waals surface area contributed by atoms with Gasteiger partial charge in [-0.1, -0.05) is 0 Å². The molecule has 31 heavy (non-hydrogen) atoms. The van der Waals surface area contributed by atoms with E-state index in [2.05, 4.69) is 20.6 Å². The molecule has 0 unspecified atom stereocenters. The van der Waals surface area contributed by atoms with Crippen molar-refractivity contribution in [2.75, 3.05) is 32.8 Å². The highest BCUT2D eigenvalue weighted by molar-refractivity contribution is 7.13. The number of pyridine rings is 1. The smallest absolute Gasteiger partial charge is 0.273 e. The van der Waals surface area contributed by atoms with Crippen LogP contribution >= 0.6 is 11.3 Å². The van der Waals surface area contributed by atoms with Gasteiger partial charge in [-0.05, 0) is 38.8 Å². The Bertz CT molecular complexity index is 946. The van der Waals surface area contributed by atoms with Crippen molar-refractivity contribution in [3.05, 3.63) is 39.6 Å². The Morgan fingerprint density at radius 1 is 1.16 bits per heavy atom. The van der Waals surface area contributed by atoms with E-state index in [9.17, 15) is 14.4 Å². The van der Waals surface area contributed by atoms with Gasteiger partial charge in [-0.3, -0.25) is 14.4 Å². The summed E-state index contributed by atoms with van der Waals surface area (Å²) in [5.74, 6) is -0.152. The number of carbonyl (C=O) groups is 3. The monoisotopic (exact) mass is 445 g/mol. The van der Waals surface area contributed by atoms with Crippen molar-refractivity contribution >= 4 is 29.1 Å². The van der Waals surface area contributed by atoms with Gasteiger partial charge in [0.2, 0.25) is 5.91 Å². The molecule has 0 fully saturated rings. The summed E-state index contributed by atoms with van der Waals surface area (Å²) in [5.41, 5.74) is 0.915. The van der Waals surface area contributed by atoms with E-state index in [0.717, 1.165) is 5.01 Å². The van der Waals surface area contributed by atoms with Crippen LogP contribution in [-0.4, -0.2) is 65.4 Å². The van der Waals surface area contributed by atoms with Crippen LogP contribution in [0.15, 0.2) is 18.3 Å². The molecule has 0 aromatic carbocycles. The zero-order valence-electron chi connectivity index (χ0n) is 17.8. The quantitative estimate of drug-likeness (QED) is 0.691. The van der Waals surface area contributed by atoms with Gasteiger partial charge in [-0.25, -0.2) is 9.97 Å². The maximum absolute atomic E-state index is 13.1. The Morgan fingerprint density at radius 3 is 2.74 bits per heavy atom. The minimum atomic E-state index is -0.335. The third-order valence-corrected chi connectivity index (χ3v) is 5.84. The molecule has 1 aliphatic rings. The zero-order chi connectivity index (χ0) is 22.2. The Balaban J connectivity index is 1.71. The molecule has 2 N–H and O–H groups in total. The van der Waals surface area contributed by atoms with E-state index >= 15 is 0 Å². The van der Waals surface area contributed by atoms with E-state index in [1.54, 1.807) is 17.0 Å². The lowest BCUT2D eigenvalue weighted by atomic mass is 10.2. The molecule has 3 rings (SSSR count). The fraction of sp³-hybridized carbons (Fsp3) is 0.476. The molecule has 2 aromatic heterocycles. The summed E-state index contributed by atoms with van der Waals surface area (Å²) in [5, 5.41) is 6.48. The van der Waals surface area contributed by atoms with Gasteiger partial charge in [0.15, 0.2) is 11.4 Å². The second-order valence-electron chi connectivity index (χ2n) is 7.20. The number of hydrogen-bond donors (Lipinski definition) is 2. The summed E-state index contributed by atoms with van der Waals surface area (Å²) in [6.45, 7) is 5.55. The highest BCUT2D eigenvalue weighted by Gasteiger charge is 2.21. The molecule has 0 bridgehead atoms. The van der Waals surface area contributed by atoms with Gasteiger partial charge < -0.3 is 20.3 Å². The number of nitrogens with one attached hydrogen (secondary N) is 2. The van der Waals surface area contributed by atoms with E-state index in [-0.39, 0.29) is 30.0 Å². The number of nitrogens with zero attached hydrogens (tertiary/aromatic N) is 3. The van der Waals surface area contributed by atoms with Gasteiger partial charge in [0.1, 0.15) is 11.5 Å². The molecule has 3 heterocycles. The lowest BCUT2D eigenvalue weighted by molar-refractivity contribution is -0.121. The summed E-state index contributed by atoms with van der Waals surface area (Å²) in [6, 6.07) is 3.36. The first-order valence-electron chi connectivity index (χ1n) is 10.3. The third kappa shape index (κ3) is 6.24. The van der Waals surface area contributed by atoms with Crippen LogP contribution in [0.1, 0.15) is 50.1 Å². The molecule has 9 nitrogen and oxygen atoms in total.